The molecule has 20 heavy (non-hydrogen) atoms. The fourth-order valence-corrected chi connectivity index (χ4v) is 2.98. The van der Waals surface area contributed by atoms with Gasteiger partial charge in [-0.05, 0) is 42.8 Å². The quantitative estimate of drug-likeness (QED) is 0.753. The second kappa shape index (κ2) is 7.89. The topological polar surface area (TPSA) is 24.9 Å². The van der Waals surface area contributed by atoms with Gasteiger partial charge < -0.3 is 5.32 Å². The fourth-order valence-electron chi connectivity index (χ4n) is 1.70. The van der Waals surface area contributed by atoms with Crippen molar-refractivity contribution in [2.24, 2.45) is 0 Å². The number of rotatable bonds is 6. The summed E-state index contributed by atoms with van der Waals surface area (Å²) in [6.45, 7) is 4.00. The summed E-state index contributed by atoms with van der Waals surface area (Å²) in [5, 5.41) is 5.70. The van der Waals surface area contributed by atoms with Crippen molar-refractivity contribution < 1.29 is 0 Å². The summed E-state index contributed by atoms with van der Waals surface area (Å²) in [4.78, 5) is 5.43. The minimum atomic E-state index is 0.644. The van der Waals surface area contributed by atoms with Crippen LogP contribution in [0.3, 0.4) is 0 Å². The van der Waals surface area contributed by atoms with E-state index in [1.54, 1.807) is 18.0 Å². The van der Waals surface area contributed by atoms with E-state index in [9.17, 15) is 0 Å². The van der Waals surface area contributed by atoms with Crippen LogP contribution in [0.25, 0.3) is 0 Å². The van der Waals surface area contributed by atoms with Gasteiger partial charge in [-0.3, -0.25) is 0 Å². The largest absolute Gasteiger partial charge is 0.313 e. The maximum Gasteiger partial charge on any atom is 0.101 e. The Morgan fingerprint density at radius 3 is 2.65 bits per heavy atom. The van der Waals surface area contributed by atoms with Crippen LogP contribution in [0.2, 0.25) is 10.0 Å². The molecule has 0 aliphatic heterocycles. The number of hydrogen-bond donors (Lipinski definition) is 1. The molecule has 0 atom stereocenters. The molecule has 5 heteroatoms. The Kier molecular flexibility index (Phi) is 6.17. The van der Waals surface area contributed by atoms with Crippen molar-refractivity contribution in [2.75, 3.05) is 6.54 Å². The van der Waals surface area contributed by atoms with E-state index in [2.05, 4.69) is 23.3 Å². The van der Waals surface area contributed by atoms with E-state index in [1.165, 1.54) is 5.56 Å². The van der Waals surface area contributed by atoms with E-state index >= 15 is 0 Å². The Hall–Kier alpha value is -0.740. The second-order valence-corrected chi connectivity index (χ2v) is 6.28. The molecule has 0 unspecified atom stereocenters. The third kappa shape index (κ3) is 4.67. The molecule has 1 heterocycles. The summed E-state index contributed by atoms with van der Waals surface area (Å²) in [5.41, 5.74) is 1.23. The van der Waals surface area contributed by atoms with Gasteiger partial charge in [0.2, 0.25) is 0 Å². The van der Waals surface area contributed by atoms with Crippen molar-refractivity contribution in [2.45, 2.75) is 29.8 Å². The highest BCUT2D eigenvalue weighted by molar-refractivity contribution is 7.99. The van der Waals surface area contributed by atoms with Gasteiger partial charge in [0.1, 0.15) is 5.03 Å². The average Bonchev–Trinajstić information content (AvgIpc) is 2.44. The Balaban J connectivity index is 2.15. The lowest BCUT2D eigenvalue weighted by molar-refractivity contribution is 0.669. The third-order valence-corrected chi connectivity index (χ3v) is 4.20. The Morgan fingerprint density at radius 2 is 1.95 bits per heavy atom. The molecular formula is C15H16Cl2N2S. The Morgan fingerprint density at radius 1 is 1.15 bits per heavy atom. The maximum atomic E-state index is 6.09. The monoisotopic (exact) mass is 326 g/mol. The molecule has 2 nitrogen and oxygen atoms in total. The molecular weight excluding hydrogens is 311 g/mol. The predicted octanol–water partition coefficient (Wildman–Crippen LogP) is 5.04. The van der Waals surface area contributed by atoms with E-state index < -0.39 is 0 Å². The first kappa shape index (κ1) is 15.6. The summed E-state index contributed by atoms with van der Waals surface area (Å²) in [7, 11) is 0. The van der Waals surface area contributed by atoms with Gasteiger partial charge in [0.05, 0.1) is 5.02 Å². The van der Waals surface area contributed by atoms with Crippen molar-refractivity contribution in [1.82, 2.24) is 10.3 Å². The number of hydrogen-bond acceptors (Lipinski definition) is 3. The Labute approximate surface area is 133 Å². The molecule has 0 bridgehead atoms. The highest BCUT2D eigenvalue weighted by atomic mass is 35.5. The van der Waals surface area contributed by atoms with Gasteiger partial charge in [0.25, 0.3) is 0 Å². The minimum Gasteiger partial charge on any atom is -0.313 e. The van der Waals surface area contributed by atoms with E-state index in [1.807, 2.05) is 24.3 Å². The molecule has 1 aromatic carbocycles. The van der Waals surface area contributed by atoms with Crippen LogP contribution in [0.1, 0.15) is 18.9 Å². The fraction of sp³-hybridized carbons (Fsp3) is 0.267. The highest BCUT2D eigenvalue weighted by Crippen LogP contribution is 2.31. The lowest BCUT2D eigenvalue weighted by atomic mass is 10.2. The predicted molar refractivity (Wildman–Crippen MR) is 86.8 cm³/mol. The first-order valence-corrected chi connectivity index (χ1v) is 8.05. The number of nitrogens with one attached hydrogen (secondary N) is 1. The van der Waals surface area contributed by atoms with Gasteiger partial charge in [-0.25, -0.2) is 4.98 Å². The second-order valence-electron chi connectivity index (χ2n) is 4.35. The molecule has 2 aromatic rings. The number of pyridine rings is 1. The van der Waals surface area contributed by atoms with Crippen molar-refractivity contribution in [3.63, 3.8) is 0 Å². The third-order valence-electron chi connectivity index (χ3n) is 2.69. The number of halogens is 2. The SMILES string of the molecule is CCCNCc1ccc(Cl)cc1Sc1ccc(Cl)cn1. The first-order valence-electron chi connectivity index (χ1n) is 6.47. The van der Waals surface area contributed by atoms with Crippen molar-refractivity contribution in [3.8, 4) is 0 Å². The minimum absolute atomic E-state index is 0.644. The molecule has 0 saturated carbocycles. The molecule has 0 aliphatic carbocycles. The zero-order valence-electron chi connectivity index (χ0n) is 11.2. The lowest BCUT2D eigenvalue weighted by Crippen LogP contribution is -2.14. The molecule has 0 amide bonds. The van der Waals surface area contributed by atoms with Gasteiger partial charge >= 0.3 is 0 Å². The molecule has 0 aliphatic rings. The Bertz CT molecular complexity index is 558. The molecule has 0 spiro atoms. The van der Waals surface area contributed by atoms with Gasteiger partial charge in [-0.2, -0.15) is 0 Å². The van der Waals surface area contributed by atoms with E-state index in [-0.39, 0.29) is 0 Å². The highest BCUT2D eigenvalue weighted by Gasteiger charge is 2.06. The van der Waals surface area contributed by atoms with Crippen LogP contribution < -0.4 is 5.32 Å². The average molecular weight is 327 g/mol. The van der Waals surface area contributed by atoms with Gasteiger partial charge in [0, 0.05) is 22.7 Å². The smallest absolute Gasteiger partial charge is 0.101 e. The molecule has 0 fully saturated rings. The molecule has 106 valence electrons. The zero-order chi connectivity index (χ0) is 14.4. The molecule has 1 N–H and O–H groups in total. The van der Waals surface area contributed by atoms with E-state index in [0.29, 0.717) is 5.02 Å². The van der Waals surface area contributed by atoms with Crippen molar-refractivity contribution in [1.29, 1.82) is 0 Å². The van der Waals surface area contributed by atoms with Gasteiger partial charge in [-0.1, -0.05) is 48.0 Å². The number of aromatic nitrogens is 1. The summed E-state index contributed by atoms with van der Waals surface area (Å²) >= 11 is 13.5. The zero-order valence-corrected chi connectivity index (χ0v) is 13.5. The van der Waals surface area contributed by atoms with Crippen LogP contribution in [0.15, 0.2) is 46.5 Å². The van der Waals surface area contributed by atoms with Crippen LogP contribution in [0, 0.1) is 0 Å². The number of nitrogens with zero attached hydrogens (tertiary/aromatic N) is 1. The summed E-state index contributed by atoms with van der Waals surface area (Å²) in [6, 6.07) is 9.71. The van der Waals surface area contributed by atoms with Crippen molar-refractivity contribution >= 4 is 35.0 Å². The number of benzene rings is 1. The molecule has 1 aromatic heterocycles. The van der Waals surface area contributed by atoms with Crippen LogP contribution >= 0.6 is 35.0 Å². The lowest BCUT2D eigenvalue weighted by Gasteiger charge is -2.10. The first-order chi connectivity index (χ1) is 9.69. The van der Waals surface area contributed by atoms with Crippen LogP contribution in [0.4, 0.5) is 0 Å². The van der Waals surface area contributed by atoms with E-state index in [0.717, 1.165) is 34.5 Å². The molecule has 0 radical (unpaired) electrons. The summed E-state index contributed by atoms with van der Waals surface area (Å²) in [6.07, 6.45) is 2.78. The molecule has 0 saturated heterocycles. The molecule has 2 rings (SSSR count). The normalized spacial score (nSPS) is 10.8. The van der Waals surface area contributed by atoms with Crippen molar-refractivity contribution in [3.05, 3.63) is 52.1 Å². The standard InChI is InChI=1S/C15H16Cl2N2S/c1-2-7-18-9-11-3-4-12(16)8-14(11)20-15-6-5-13(17)10-19-15/h3-6,8,10,18H,2,7,9H2,1H3. The van der Waals surface area contributed by atoms with Gasteiger partial charge in [-0.15, -0.1) is 0 Å². The van der Waals surface area contributed by atoms with Crippen LogP contribution in [-0.4, -0.2) is 11.5 Å². The summed E-state index contributed by atoms with van der Waals surface area (Å²) < 4.78 is 0. The maximum absolute atomic E-state index is 6.09. The van der Waals surface area contributed by atoms with Gasteiger partial charge in [0.15, 0.2) is 0 Å². The summed E-state index contributed by atoms with van der Waals surface area (Å²) in [5.74, 6) is 0. The van der Waals surface area contributed by atoms with E-state index in [4.69, 9.17) is 23.2 Å². The van der Waals surface area contributed by atoms with Crippen LogP contribution in [0.5, 0.6) is 0 Å². The van der Waals surface area contributed by atoms with Crippen LogP contribution in [-0.2, 0) is 6.54 Å².